The Morgan fingerprint density at radius 3 is 2.93 bits per heavy atom. The van der Waals surface area contributed by atoms with Gasteiger partial charge in [0.15, 0.2) is 15.7 Å². The van der Waals surface area contributed by atoms with Crippen molar-refractivity contribution in [2.24, 2.45) is 0 Å². The normalized spacial score (nSPS) is 10.8. The Balaban J connectivity index is 1.52. The molecule has 7 nitrogen and oxygen atoms in total. The van der Waals surface area contributed by atoms with Crippen LogP contribution in [0.25, 0.3) is 22.8 Å². The highest BCUT2D eigenvalue weighted by atomic mass is 32.1. The van der Waals surface area contributed by atoms with Crippen molar-refractivity contribution < 1.29 is 4.79 Å². The monoisotopic (exact) mass is 408 g/mol. The quantitative estimate of drug-likeness (QED) is 0.486. The average molecular weight is 409 g/mol. The molecule has 0 saturated carbocycles. The van der Waals surface area contributed by atoms with Crippen LogP contribution in [0.1, 0.15) is 5.56 Å². The van der Waals surface area contributed by atoms with Crippen molar-refractivity contribution in [2.75, 3.05) is 5.32 Å². The van der Waals surface area contributed by atoms with Gasteiger partial charge >= 0.3 is 0 Å². The number of amides is 1. The number of nitrogens with one attached hydrogen (secondary N) is 2. The van der Waals surface area contributed by atoms with Crippen molar-refractivity contribution in [2.45, 2.75) is 13.5 Å². The molecule has 1 aromatic carbocycles. The van der Waals surface area contributed by atoms with Crippen LogP contribution in [-0.2, 0) is 11.3 Å². The van der Waals surface area contributed by atoms with E-state index in [0.29, 0.717) is 15.7 Å². The summed E-state index contributed by atoms with van der Waals surface area (Å²) in [6.07, 6.45) is 1.71. The van der Waals surface area contributed by atoms with Crippen LogP contribution < -0.4 is 5.32 Å². The molecule has 9 heteroatoms. The van der Waals surface area contributed by atoms with Crippen molar-refractivity contribution in [1.29, 1.82) is 0 Å². The molecule has 0 aliphatic carbocycles. The minimum atomic E-state index is -0.228. The van der Waals surface area contributed by atoms with Gasteiger partial charge in [-0.1, -0.05) is 29.8 Å². The number of benzene rings is 1. The molecular formula is C19H16N6OS2. The molecule has 0 unspecified atom stereocenters. The highest BCUT2D eigenvalue weighted by Gasteiger charge is 2.14. The third kappa shape index (κ3) is 3.90. The predicted octanol–water partition coefficient (Wildman–Crippen LogP) is 4.07. The molecule has 0 aliphatic rings. The van der Waals surface area contributed by atoms with Gasteiger partial charge in [0.05, 0.1) is 5.69 Å². The van der Waals surface area contributed by atoms with Crippen molar-refractivity contribution >= 4 is 34.6 Å². The number of H-pyrrole nitrogens is 1. The van der Waals surface area contributed by atoms with Crippen molar-refractivity contribution in [3.8, 4) is 22.8 Å². The maximum absolute atomic E-state index is 12.6. The Labute approximate surface area is 170 Å². The molecule has 2 N–H and O–H groups in total. The summed E-state index contributed by atoms with van der Waals surface area (Å²) in [5.41, 5.74) is 3.48. The second-order valence-electron chi connectivity index (χ2n) is 6.11. The lowest BCUT2D eigenvalue weighted by Gasteiger charge is -2.07. The molecule has 3 heterocycles. The van der Waals surface area contributed by atoms with Crippen LogP contribution in [0.3, 0.4) is 0 Å². The molecule has 0 bridgehead atoms. The average Bonchev–Trinajstić information content (AvgIpc) is 3.30. The molecule has 1 amide bonds. The number of carbonyl (C=O) groups is 1. The fourth-order valence-corrected chi connectivity index (χ4v) is 3.65. The zero-order valence-electron chi connectivity index (χ0n) is 14.9. The molecule has 28 heavy (non-hydrogen) atoms. The number of aromatic nitrogens is 5. The van der Waals surface area contributed by atoms with Gasteiger partial charge in [-0.05, 0) is 37.3 Å². The summed E-state index contributed by atoms with van der Waals surface area (Å²) in [5.74, 6) is 0.394. The van der Waals surface area contributed by atoms with Crippen LogP contribution in [0, 0.1) is 11.7 Å². The molecule has 0 fully saturated rings. The highest BCUT2D eigenvalue weighted by Crippen LogP contribution is 2.23. The largest absolute Gasteiger partial charge is 0.300 e. The third-order valence-electron chi connectivity index (χ3n) is 4.01. The van der Waals surface area contributed by atoms with E-state index in [2.05, 4.69) is 25.5 Å². The molecule has 0 atom stereocenters. The predicted molar refractivity (Wildman–Crippen MR) is 112 cm³/mol. The SMILES string of the molecule is Cc1cccc(-c2n[nH]c(=S)n2CC(=O)Nc2nc(-c3ccccn3)cs2)c1. The van der Waals surface area contributed by atoms with Crippen LogP contribution in [0.2, 0.25) is 0 Å². The summed E-state index contributed by atoms with van der Waals surface area (Å²) >= 11 is 6.65. The Morgan fingerprint density at radius 1 is 1.25 bits per heavy atom. The number of hydrogen-bond donors (Lipinski definition) is 2. The second-order valence-corrected chi connectivity index (χ2v) is 7.35. The first kappa shape index (κ1) is 18.2. The number of rotatable bonds is 5. The zero-order chi connectivity index (χ0) is 19.5. The van der Waals surface area contributed by atoms with Crippen LogP contribution in [0.5, 0.6) is 0 Å². The fraction of sp³-hybridized carbons (Fsp3) is 0.105. The number of nitrogens with zero attached hydrogens (tertiary/aromatic N) is 4. The lowest BCUT2D eigenvalue weighted by molar-refractivity contribution is -0.116. The molecule has 0 radical (unpaired) electrons. The van der Waals surface area contributed by atoms with E-state index in [4.69, 9.17) is 12.2 Å². The third-order valence-corrected chi connectivity index (χ3v) is 5.08. The summed E-state index contributed by atoms with van der Waals surface area (Å²) < 4.78 is 2.06. The summed E-state index contributed by atoms with van der Waals surface area (Å²) in [6, 6.07) is 13.5. The minimum absolute atomic E-state index is 0.0388. The van der Waals surface area contributed by atoms with Gasteiger partial charge in [-0.2, -0.15) is 5.10 Å². The molecule has 0 saturated heterocycles. The number of aromatic amines is 1. The molecule has 4 aromatic rings. The van der Waals surface area contributed by atoms with E-state index in [1.165, 1.54) is 11.3 Å². The van der Waals surface area contributed by atoms with Crippen molar-refractivity contribution in [3.05, 3.63) is 64.4 Å². The number of aryl methyl sites for hydroxylation is 1. The zero-order valence-corrected chi connectivity index (χ0v) is 16.5. The second kappa shape index (κ2) is 7.83. The topological polar surface area (TPSA) is 88.5 Å². The van der Waals surface area contributed by atoms with Crippen LogP contribution >= 0.6 is 23.6 Å². The lowest BCUT2D eigenvalue weighted by atomic mass is 10.1. The molecule has 0 aliphatic heterocycles. The Bertz CT molecular complexity index is 1180. The van der Waals surface area contributed by atoms with Crippen LogP contribution in [-0.4, -0.2) is 30.6 Å². The molecule has 3 aromatic heterocycles. The smallest absolute Gasteiger partial charge is 0.246 e. The van der Waals surface area contributed by atoms with Gasteiger partial charge in [0, 0.05) is 17.1 Å². The molecule has 140 valence electrons. The van der Waals surface area contributed by atoms with E-state index >= 15 is 0 Å². The van der Waals surface area contributed by atoms with Crippen LogP contribution in [0.4, 0.5) is 5.13 Å². The van der Waals surface area contributed by atoms with Gasteiger partial charge < -0.3 is 5.32 Å². The number of hydrogen-bond acceptors (Lipinski definition) is 6. The van der Waals surface area contributed by atoms with Crippen molar-refractivity contribution in [3.63, 3.8) is 0 Å². The van der Waals surface area contributed by atoms with E-state index in [9.17, 15) is 4.79 Å². The first-order valence-corrected chi connectivity index (χ1v) is 9.78. The van der Waals surface area contributed by atoms with Gasteiger partial charge in [-0.3, -0.25) is 19.4 Å². The highest BCUT2D eigenvalue weighted by molar-refractivity contribution is 7.71. The van der Waals surface area contributed by atoms with E-state index in [-0.39, 0.29) is 12.5 Å². The van der Waals surface area contributed by atoms with Gasteiger partial charge in [0.25, 0.3) is 0 Å². The maximum atomic E-state index is 12.6. The van der Waals surface area contributed by atoms with Gasteiger partial charge in [-0.25, -0.2) is 4.98 Å². The van der Waals surface area contributed by atoms with E-state index in [0.717, 1.165) is 22.5 Å². The minimum Gasteiger partial charge on any atom is -0.300 e. The lowest BCUT2D eigenvalue weighted by Crippen LogP contribution is -2.19. The Hall–Kier alpha value is -3.17. The summed E-state index contributed by atoms with van der Waals surface area (Å²) in [6.45, 7) is 2.04. The maximum Gasteiger partial charge on any atom is 0.246 e. The van der Waals surface area contributed by atoms with E-state index in [1.54, 1.807) is 10.8 Å². The number of pyridine rings is 1. The Kier molecular flexibility index (Phi) is 5.09. The molecular weight excluding hydrogens is 392 g/mol. The first-order valence-electron chi connectivity index (χ1n) is 8.49. The number of anilines is 1. The fourth-order valence-electron chi connectivity index (χ4n) is 2.73. The standard InChI is InChI=1S/C19H16N6OS2/c1-12-5-4-6-13(9-12)17-23-24-19(27)25(17)10-16(26)22-18-21-15(11-28-18)14-7-2-3-8-20-14/h2-9,11H,10H2,1H3,(H,24,27)(H,21,22,26). The molecule has 0 spiro atoms. The molecule has 4 rings (SSSR count). The van der Waals surface area contributed by atoms with E-state index < -0.39 is 0 Å². The van der Waals surface area contributed by atoms with Gasteiger partial charge in [0.1, 0.15) is 12.2 Å². The first-order chi connectivity index (χ1) is 13.6. The summed E-state index contributed by atoms with van der Waals surface area (Å²) in [5, 5.41) is 12.2. The Morgan fingerprint density at radius 2 is 2.14 bits per heavy atom. The van der Waals surface area contributed by atoms with E-state index in [1.807, 2.05) is 54.8 Å². The van der Waals surface area contributed by atoms with Gasteiger partial charge in [-0.15, -0.1) is 11.3 Å². The summed E-state index contributed by atoms with van der Waals surface area (Å²) in [4.78, 5) is 21.3. The summed E-state index contributed by atoms with van der Waals surface area (Å²) in [7, 11) is 0. The van der Waals surface area contributed by atoms with Gasteiger partial charge in [0.2, 0.25) is 5.91 Å². The van der Waals surface area contributed by atoms with Crippen LogP contribution in [0.15, 0.2) is 54.0 Å². The van der Waals surface area contributed by atoms with Crippen molar-refractivity contribution in [1.82, 2.24) is 24.7 Å². The number of carbonyl (C=O) groups excluding carboxylic acids is 1. The number of thiazole rings is 1.